The van der Waals surface area contributed by atoms with E-state index >= 15 is 0 Å². The molecule has 0 N–H and O–H groups in total. The number of benzene rings is 1. The first kappa shape index (κ1) is 14.1. The van der Waals surface area contributed by atoms with Crippen molar-refractivity contribution in [2.24, 2.45) is 5.41 Å². The van der Waals surface area contributed by atoms with E-state index < -0.39 is 4.92 Å². The second-order valence-electron chi connectivity index (χ2n) is 5.89. The van der Waals surface area contributed by atoms with E-state index in [0.29, 0.717) is 0 Å². The van der Waals surface area contributed by atoms with Crippen molar-refractivity contribution in [1.29, 1.82) is 0 Å². The fourth-order valence-electron chi connectivity index (χ4n) is 1.98. The number of aromatic nitrogens is 2. The summed E-state index contributed by atoms with van der Waals surface area (Å²) in [6.45, 7) is 6.42. The zero-order valence-corrected chi connectivity index (χ0v) is 11.8. The maximum atomic E-state index is 10.7. The minimum Gasteiger partial charge on any atom is -0.258 e. The summed E-state index contributed by atoms with van der Waals surface area (Å²) in [5.74, 6) is 0. The third kappa shape index (κ3) is 3.38. The van der Waals surface area contributed by atoms with Gasteiger partial charge in [0.05, 0.1) is 16.3 Å². The molecule has 0 aliphatic heterocycles. The fraction of sp³-hybridized carbons (Fsp3) is 0.333. The van der Waals surface area contributed by atoms with Gasteiger partial charge in [0.15, 0.2) is 0 Å². The zero-order chi connectivity index (χ0) is 14.8. The molecule has 0 unspecified atom stereocenters. The number of hydrogen-bond donors (Lipinski definition) is 0. The Labute approximate surface area is 117 Å². The van der Waals surface area contributed by atoms with Crippen LogP contribution in [0.1, 0.15) is 26.5 Å². The molecule has 0 aliphatic carbocycles. The Balaban J connectivity index is 2.39. The van der Waals surface area contributed by atoms with Crippen molar-refractivity contribution in [3.05, 3.63) is 52.5 Å². The SMILES string of the molecule is CC(C)(C)Cc1nccnc1-c1ccc([N+](=O)[O-])cc1. The molecule has 0 fully saturated rings. The molecule has 2 aromatic rings. The lowest BCUT2D eigenvalue weighted by molar-refractivity contribution is -0.384. The molecule has 5 nitrogen and oxygen atoms in total. The summed E-state index contributed by atoms with van der Waals surface area (Å²) in [7, 11) is 0. The lowest BCUT2D eigenvalue weighted by atomic mass is 9.89. The van der Waals surface area contributed by atoms with Gasteiger partial charge in [-0.15, -0.1) is 0 Å². The summed E-state index contributed by atoms with van der Waals surface area (Å²) in [6, 6.07) is 6.42. The molecule has 5 heteroatoms. The van der Waals surface area contributed by atoms with Crippen molar-refractivity contribution in [2.75, 3.05) is 0 Å². The molecule has 0 amide bonds. The Morgan fingerprint density at radius 3 is 2.25 bits per heavy atom. The lowest BCUT2D eigenvalue weighted by Gasteiger charge is -2.18. The van der Waals surface area contributed by atoms with Crippen LogP contribution >= 0.6 is 0 Å². The highest BCUT2D eigenvalue weighted by Crippen LogP contribution is 2.27. The predicted octanol–water partition coefficient (Wildman–Crippen LogP) is 3.64. The summed E-state index contributed by atoms with van der Waals surface area (Å²) < 4.78 is 0. The Morgan fingerprint density at radius 2 is 1.70 bits per heavy atom. The number of hydrogen-bond acceptors (Lipinski definition) is 4. The average molecular weight is 271 g/mol. The second kappa shape index (κ2) is 5.36. The molecule has 0 bridgehead atoms. The molecule has 0 saturated heterocycles. The van der Waals surface area contributed by atoms with E-state index in [2.05, 4.69) is 30.7 Å². The summed E-state index contributed by atoms with van der Waals surface area (Å²) in [6.07, 6.45) is 4.12. The van der Waals surface area contributed by atoms with Crippen LogP contribution in [0.15, 0.2) is 36.7 Å². The van der Waals surface area contributed by atoms with E-state index in [1.165, 1.54) is 12.1 Å². The number of nitro groups is 1. The molecule has 1 aromatic heterocycles. The molecule has 20 heavy (non-hydrogen) atoms. The first-order valence-corrected chi connectivity index (χ1v) is 6.41. The van der Waals surface area contributed by atoms with Crippen LogP contribution < -0.4 is 0 Å². The van der Waals surface area contributed by atoms with Crippen molar-refractivity contribution in [3.8, 4) is 11.3 Å². The lowest BCUT2D eigenvalue weighted by Crippen LogP contribution is -2.12. The van der Waals surface area contributed by atoms with Crippen LogP contribution in [0.5, 0.6) is 0 Å². The number of nitrogens with zero attached hydrogens (tertiary/aromatic N) is 3. The van der Waals surface area contributed by atoms with Crippen LogP contribution in [0, 0.1) is 15.5 Å². The third-order valence-electron chi connectivity index (χ3n) is 2.82. The van der Waals surface area contributed by atoms with Gasteiger partial charge in [0.2, 0.25) is 0 Å². The fourth-order valence-corrected chi connectivity index (χ4v) is 1.98. The van der Waals surface area contributed by atoms with Gasteiger partial charge < -0.3 is 0 Å². The number of non-ortho nitro benzene ring substituents is 1. The quantitative estimate of drug-likeness (QED) is 0.631. The standard InChI is InChI=1S/C15H17N3O2/c1-15(2,3)10-13-14(17-9-8-16-13)11-4-6-12(7-5-11)18(19)20/h4-9H,10H2,1-3H3. The van der Waals surface area contributed by atoms with Crippen LogP contribution in [-0.4, -0.2) is 14.9 Å². The molecule has 1 aromatic carbocycles. The topological polar surface area (TPSA) is 68.9 Å². The average Bonchev–Trinajstić information content (AvgIpc) is 2.37. The Kier molecular flexibility index (Phi) is 3.79. The highest BCUT2D eigenvalue weighted by Gasteiger charge is 2.17. The predicted molar refractivity (Wildman–Crippen MR) is 77.3 cm³/mol. The Morgan fingerprint density at radius 1 is 1.10 bits per heavy atom. The highest BCUT2D eigenvalue weighted by molar-refractivity contribution is 5.63. The van der Waals surface area contributed by atoms with Crippen LogP contribution in [0.4, 0.5) is 5.69 Å². The maximum absolute atomic E-state index is 10.7. The van der Waals surface area contributed by atoms with E-state index in [-0.39, 0.29) is 11.1 Å². The number of rotatable bonds is 3. The largest absolute Gasteiger partial charge is 0.269 e. The van der Waals surface area contributed by atoms with E-state index in [1.807, 2.05) is 0 Å². The molecular weight excluding hydrogens is 254 g/mol. The molecule has 2 rings (SSSR count). The smallest absolute Gasteiger partial charge is 0.258 e. The van der Waals surface area contributed by atoms with E-state index in [1.54, 1.807) is 24.5 Å². The number of nitro benzene ring substituents is 1. The molecule has 104 valence electrons. The van der Waals surface area contributed by atoms with Crippen LogP contribution in [0.25, 0.3) is 11.3 Å². The van der Waals surface area contributed by atoms with Gasteiger partial charge in [0.25, 0.3) is 5.69 Å². The molecule has 0 atom stereocenters. The first-order valence-electron chi connectivity index (χ1n) is 6.41. The van der Waals surface area contributed by atoms with Gasteiger partial charge >= 0.3 is 0 Å². The normalized spacial score (nSPS) is 11.3. The molecule has 0 spiro atoms. The molecular formula is C15H17N3O2. The third-order valence-corrected chi connectivity index (χ3v) is 2.82. The summed E-state index contributed by atoms with van der Waals surface area (Å²) in [5.41, 5.74) is 2.73. The van der Waals surface area contributed by atoms with Crippen LogP contribution in [-0.2, 0) is 6.42 Å². The minimum absolute atomic E-state index is 0.0787. The Bertz CT molecular complexity index is 616. The van der Waals surface area contributed by atoms with Gasteiger partial charge in [0.1, 0.15) is 0 Å². The zero-order valence-electron chi connectivity index (χ0n) is 11.8. The second-order valence-corrected chi connectivity index (χ2v) is 5.89. The van der Waals surface area contributed by atoms with Gasteiger partial charge in [-0.3, -0.25) is 20.1 Å². The monoisotopic (exact) mass is 271 g/mol. The van der Waals surface area contributed by atoms with Crippen molar-refractivity contribution in [3.63, 3.8) is 0 Å². The van der Waals surface area contributed by atoms with Gasteiger partial charge in [0, 0.05) is 30.1 Å². The van der Waals surface area contributed by atoms with Gasteiger partial charge in [-0.1, -0.05) is 20.8 Å². The summed E-state index contributed by atoms with van der Waals surface area (Å²) >= 11 is 0. The molecule has 0 saturated carbocycles. The first-order chi connectivity index (χ1) is 9.37. The maximum Gasteiger partial charge on any atom is 0.269 e. The Hall–Kier alpha value is -2.30. The van der Waals surface area contributed by atoms with E-state index in [4.69, 9.17) is 0 Å². The molecule has 0 radical (unpaired) electrons. The summed E-state index contributed by atoms with van der Waals surface area (Å²) in [5, 5.41) is 10.7. The molecule has 0 aliphatic rings. The van der Waals surface area contributed by atoms with Crippen LogP contribution in [0.2, 0.25) is 0 Å². The molecule has 1 heterocycles. The van der Waals surface area contributed by atoms with Gasteiger partial charge in [-0.2, -0.15) is 0 Å². The van der Waals surface area contributed by atoms with Crippen molar-refractivity contribution in [1.82, 2.24) is 9.97 Å². The minimum atomic E-state index is -0.406. The van der Waals surface area contributed by atoms with E-state index in [0.717, 1.165) is 23.4 Å². The van der Waals surface area contributed by atoms with Crippen molar-refractivity contribution < 1.29 is 4.92 Å². The van der Waals surface area contributed by atoms with Crippen molar-refractivity contribution in [2.45, 2.75) is 27.2 Å². The highest BCUT2D eigenvalue weighted by atomic mass is 16.6. The van der Waals surface area contributed by atoms with E-state index in [9.17, 15) is 10.1 Å². The van der Waals surface area contributed by atoms with Gasteiger partial charge in [-0.25, -0.2) is 0 Å². The van der Waals surface area contributed by atoms with Gasteiger partial charge in [-0.05, 0) is 24.0 Å². The van der Waals surface area contributed by atoms with Crippen molar-refractivity contribution >= 4 is 5.69 Å². The van der Waals surface area contributed by atoms with Crippen LogP contribution in [0.3, 0.4) is 0 Å². The summed E-state index contributed by atoms with van der Waals surface area (Å²) in [4.78, 5) is 19.1.